The maximum absolute atomic E-state index is 12.1. The molecule has 9 heteroatoms. The molecule has 4 rings (SSSR count). The van der Waals surface area contributed by atoms with E-state index < -0.39 is 0 Å². The van der Waals surface area contributed by atoms with Crippen LogP contribution in [0.15, 0.2) is 64.8 Å². The van der Waals surface area contributed by atoms with Gasteiger partial charge in [0.25, 0.3) is 0 Å². The number of anilines is 1. The summed E-state index contributed by atoms with van der Waals surface area (Å²) < 4.78 is 10.7. The molecule has 0 bridgehead atoms. The number of amides is 1. The van der Waals surface area contributed by atoms with E-state index in [1.54, 1.807) is 42.7 Å². The van der Waals surface area contributed by atoms with E-state index in [0.717, 1.165) is 4.88 Å². The van der Waals surface area contributed by atoms with E-state index in [0.29, 0.717) is 29.6 Å². The SMILES string of the molecule is O=C(CCc1nc(-c2cccs2)no1)Nc1ccc(Oc2ncccn2)cc1. The summed E-state index contributed by atoms with van der Waals surface area (Å²) in [7, 11) is 0. The number of aromatic nitrogens is 4. The first-order valence-corrected chi connectivity index (χ1v) is 9.35. The molecule has 0 aliphatic rings. The van der Waals surface area contributed by atoms with Gasteiger partial charge in [0.05, 0.1) is 4.88 Å². The lowest BCUT2D eigenvalue weighted by Gasteiger charge is -2.06. The molecule has 28 heavy (non-hydrogen) atoms. The number of carbonyl (C=O) groups excluding carboxylic acids is 1. The Kier molecular flexibility index (Phi) is 5.34. The van der Waals surface area contributed by atoms with Gasteiger partial charge in [0, 0.05) is 30.9 Å². The quantitative estimate of drug-likeness (QED) is 0.507. The van der Waals surface area contributed by atoms with Gasteiger partial charge in [0.2, 0.25) is 17.6 Å². The second kappa shape index (κ2) is 8.40. The van der Waals surface area contributed by atoms with E-state index in [1.165, 1.54) is 11.3 Å². The third-order valence-corrected chi connectivity index (χ3v) is 4.53. The summed E-state index contributed by atoms with van der Waals surface area (Å²) >= 11 is 1.53. The summed E-state index contributed by atoms with van der Waals surface area (Å²) in [6, 6.07) is 12.8. The average Bonchev–Trinajstić information content (AvgIpc) is 3.41. The zero-order chi connectivity index (χ0) is 19.2. The van der Waals surface area contributed by atoms with Crippen LogP contribution in [0.4, 0.5) is 5.69 Å². The van der Waals surface area contributed by atoms with Crippen molar-refractivity contribution in [2.75, 3.05) is 5.32 Å². The van der Waals surface area contributed by atoms with Crippen LogP contribution in [0, 0.1) is 0 Å². The fourth-order valence-electron chi connectivity index (χ4n) is 2.36. The smallest absolute Gasteiger partial charge is 0.321 e. The van der Waals surface area contributed by atoms with E-state index in [4.69, 9.17) is 9.26 Å². The molecule has 8 nitrogen and oxygen atoms in total. The van der Waals surface area contributed by atoms with Crippen molar-refractivity contribution in [1.29, 1.82) is 0 Å². The molecule has 0 saturated carbocycles. The van der Waals surface area contributed by atoms with Gasteiger partial charge in [0.15, 0.2) is 0 Å². The van der Waals surface area contributed by atoms with Gasteiger partial charge in [-0.1, -0.05) is 11.2 Å². The molecule has 0 fully saturated rings. The Bertz CT molecular complexity index is 1030. The molecule has 3 aromatic heterocycles. The number of ether oxygens (including phenoxy) is 1. The summed E-state index contributed by atoms with van der Waals surface area (Å²) in [4.78, 5) is 25.4. The second-order valence-electron chi connectivity index (χ2n) is 5.70. The van der Waals surface area contributed by atoms with Crippen molar-refractivity contribution in [3.05, 3.63) is 66.1 Å². The second-order valence-corrected chi connectivity index (χ2v) is 6.64. The van der Waals surface area contributed by atoms with Crippen LogP contribution >= 0.6 is 11.3 Å². The molecule has 3 heterocycles. The lowest BCUT2D eigenvalue weighted by molar-refractivity contribution is -0.116. The number of thiophene rings is 1. The van der Waals surface area contributed by atoms with Crippen molar-refractivity contribution >= 4 is 22.9 Å². The maximum Gasteiger partial charge on any atom is 0.321 e. The summed E-state index contributed by atoms with van der Waals surface area (Å²) in [6.45, 7) is 0. The van der Waals surface area contributed by atoms with Crippen LogP contribution in [0.2, 0.25) is 0 Å². The zero-order valence-corrected chi connectivity index (χ0v) is 15.4. The van der Waals surface area contributed by atoms with Gasteiger partial charge in [0.1, 0.15) is 5.75 Å². The molecule has 4 aromatic rings. The van der Waals surface area contributed by atoms with E-state index >= 15 is 0 Å². The van der Waals surface area contributed by atoms with Gasteiger partial charge < -0.3 is 14.6 Å². The topological polar surface area (TPSA) is 103 Å². The highest BCUT2D eigenvalue weighted by atomic mass is 32.1. The molecule has 140 valence electrons. The van der Waals surface area contributed by atoms with Crippen LogP contribution in [0.5, 0.6) is 11.8 Å². The van der Waals surface area contributed by atoms with Gasteiger partial charge >= 0.3 is 6.01 Å². The Morgan fingerprint density at radius 3 is 2.68 bits per heavy atom. The molecule has 1 N–H and O–H groups in total. The lowest BCUT2D eigenvalue weighted by atomic mass is 10.2. The van der Waals surface area contributed by atoms with Crippen molar-refractivity contribution in [2.45, 2.75) is 12.8 Å². The minimum atomic E-state index is -0.143. The maximum atomic E-state index is 12.1. The van der Waals surface area contributed by atoms with Crippen molar-refractivity contribution in [3.8, 4) is 22.5 Å². The van der Waals surface area contributed by atoms with E-state index in [2.05, 4.69) is 25.4 Å². The van der Waals surface area contributed by atoms with Crippen LogP contribution in [-0.4, -0.2) is 26.0 Å². The minimum absolute atomic E-state index is 0.143. The van der Waals surface area contributed by atoms with Crippen LogP contribution in [0.3, 0.4) is 0 Å². The fourth-order valence-corrected chi connectivity index (χ4v) is 3.01. The number of hydrogen-bond acceptors (Lipinski definition) is 8. The van der Waals surface area contributed by atoms with Crippen LogP contribution in [-0.2, 0) is 11.2 Å². The normalized spacial score (nSPS) is 10.6. The highest BCUT2D eigenvalue weighted by Crippen LogP contribution is 2.22. The molecule has 1 amide bonds. The average molecular weight is 393 g/mol. The van der Waals surface area contributed by atoms with Crippen molar-refractivity contribution in [2.24, 2.45) is 0 Å². The van der Waals surface area contributed by atoms with Gasteiger partial charge in [-0.25, -0.2) is 9.97 Å². The number of nitrogens with zero attached hydrogens (tertiary/aromatic N) is 4. The van der Waals surface area contributed by atoms with Crippen molar-refractivity contribution in [1.82, 2.24) is 20.1 Å². The summed E-state index contributed by atoms with van der Waals surface area (Å²) in [5, 5.41) is 8.70. The highest BCUT2D eigenvalue weighted by Gasteiger charge is 2.11. The van der Waals surface area contributed by atoms with Gasteiger partial charge in [-0.15, -0.1) is 11.3 Å². The number of benzene rings is 1. The summed E-state index contributed by atoms with van der Waals surface area (Å²) in [6.07, 6.45) is 3.81. The largest absolute Gasteiger partial charge is 0.424 e. The Morgan fingerprint density at radius 2 is 1.93 bits per heavy atom. The third kappa shape index (κ3) is 4.57. The summed E-state index contributed by atoms with van der Waals surface area (Å²) in [5.74, 6) is 1.42. The van der Waals surface area contributed by atoms with Gasteiger partial charge in [-0.2, -0.15) is 4.98 Å². The first-order valence-electron chi connectivity index (χ1n) is 8.47. The number of hydrogen-bond donors (Lipinski definition) is 1. The van der Waals surface area contributed by atoms with Crippen LogP contribution < -0.4 is 10.1 Å². The Balaban J connectivity index is 1.28. The molecule has 0 aliphatic carbocycles. The zero-order valence-electron chi connectivity index (χ0n) is 14.6. The number of nitrogens with one attached hydrogen (secondary N) is 1. The molecule has 1 aromatic carbocycles. The lowest BCUT2D eigenvalue weighted by Crippen LogP contribution is -2.12. The molecule has 0 spiro atoms. The van der Waals surface area contributed by atoms with Gasteiger partial charge in [-0.3, -0.25) is 4.79 Å². The predicted molar refractivity (Wildman–Crippen MR) is 103 cm³/mol. The molecule has 0 unspecified atom stereocenters. The third-order valence-electron chi connectivity index (χ3n) is 3.66. The highest BCUT2D eigenvalue weighted by molar-refractivity contribution is 7.13. The molecule has 0 aliphatic heterocycles. The van der Waals surface area contributed by atoms with Crippen molar-refractivity contribution in [3.63, 3.8) is 0 Å². The molecule has 0 radical (unpaired) electrons. The Labute approximate surface area is 164 Å². The Morgan fingerprint density at radius 1 is 1.11 bits per heavy atom. The predicted octanol–water partition coefficient (Wildman–Crippen LogP) is 3.95. The standard InChI is InChI=1S/C19H15N5O3S/c25-16(8-9-17-23-18(24-27-17)15-3-1-12-28-15)22-13-4-6-14(7-5-13)26-19-20-10-2-11-21-19/h1-7,10-12H,8-9H2,(H,22,25). The Hall–Kier alpha value is -3.59. The van der Waals surface area contributed by atoms with Crippen molar-refractivity contribution < 1.29 is 14.1 Å². The van der Waals surface area contributed by atoms with Crippen LogP contribution in [0.1, 0.15) is 12.3 Å². The number of aryl methyl sites for hydroxylation is 1. The first-order chi connectivity index (χ1) is 13.8. The fraction of sp³-hybridized carbons (Fsp3) is 0.105. The minimum Gasteiger partial charge on any atom is -0.424 e. The monoisotopic (exact) mass is 393 g/mol. The molecular formula is C19H15N5O3S. The molecular weight excluding hydrogens is 378 g/mol. The van der Waals surface area contributed by atoms with E-state index in [9.17, 15) is 4.79 Å². The number of carbonyl (C=O) groups is 1. The van der Waals surface area contributed by atoms with E-state index in [-0.39, 0.29) is 18.3 Å². The number of rotatable bonds is 7. The summed E-state index contributed by atoms with van der Waals surface area (Å²) in [5.41, 5.74) is 0.663. The van der Waals surface area contributed by atoms with Gasteiger partial charge in [-0.05, 0) is 41.8 Å². The van der Waals surface area contributed by atoms with E-state index in [1.807, 2.05) is 17.5 Å². The molecule has 0 saturated heterocycles. The molecule has 0 atom stereocenters. The van der Waals surface area contributed by atoms with Crippen LogP contribution in [0.25, 0.3) is 10.7 Å². The first kappa shape index (κ1) is 17.8.